The highest BCUT2D eigenvalue weighted by Crippen LogP contribution is 2.10. The van der Waals surface area contributed by atoms with Gasteiger partial charge in [0.15, 0.2) is 0 Å². The van der Waals surface area contributed by atoms with E-state index in [9.17, 15) is 9.59 Å². The smallest absolute Gasteiger partial charge is 0.238 e. The van der Waals surface area contributed by atoms with Gasteiger partial charge >= 0.3 is 0 Å². The van der Waals surface area contributed by atoms with Gasteiger partial charge in [-0.3, -0.25) is 15.0 Å². The monoisotopic (exact) mass is 275 g/mol. The highest BCUT2D eigenvalue weighted by molar-refractivity contribution is 5.88. The molecule has 0 spiro atoms. The molecule has 5 nitrogen and oxygen atoms in total. The molecule has 1 fully saturated rings. The van der Waals surface area contributed by atoms with Crippen LogP contribution in [-0.4, -0.2) is 29.9 Å². The molecule has 1 aliphatic heterocycles. The third-order valence-electron chi connectivity index (χ3n) is 3.28. The molecule has 1 aromatic rings. The molecular formula is C15H21N3O2. The third kappa shape index (κ3) is 4.66. The maximum atomic E-state index is 11.9. The summed E-state index contributed by atoms with van der Waals surface area (Å²) < 4.78 is 0. The number of hydrogen-bond acceptors (Lipinski definition) is 3. The molecule has 2 rings (SSSR count). The summed E-state index contributed by atoms with van der Waals surface area (Å²) in [6, 6.07) is 7.35. The average Bonchev–Trinajstić information content (AvgIpc) is 2.41. The number of carbonyl (C=O) groups is 2. The minimum atomic E-state index is -0.0967. The summed E-state index contributed by atoms with van der Waals surface area (Å²) in [6.07, 6.45) is 3.89. The van der Waals surface area contributed by atoms with E-state index in [0.29, 0.717) is 6.42 Å². The van der Waals surface area contributed by atoms with Gasteiger partial charge in [-0.15, -0.1) is 0 Å². The minimum absolute atomic E-state index is 0.0131. The quantitative estimate of drug-likeness (QED) is 0.879. The van der Waals surface area contributed by atoms with E-state index in [0.717, 1.165) is 37.2 Å². The van der Waals surface area contributed by atoms with Crippen molar-refractivity contribution in [2.75, 3.05) is 18.4 Å². The summed E-state index contributed by atoms with van der Waals surface area (Å²) in [5.74, 6) is -0.0835. The second-order valence-corrected chi connectivity index (χ2v) is 5.14. The molecule has 0 aromatic heterocycles. The van der Waals surface area contributed by atoms with Crippen molar-refractivity contribution in [1.29, 1.82) is 0 Å². The van der Waals surface area contributed by atoms with Crippen LogP contribution < -0.4 is 10.7 Å². The Kier molecular flexibility index (Phi) is 5.12. The predicted octanol–water partition coefficient (Wildman–Crippen LogP) is 1.70. The van der Waals surface area contributed by atoms with Gasteiger partial charge in [-0.05, 0) is 30.5 Å². The van der Waals surface area contributed by atoms with E-state index in [4.69, 9.17) is 0 Å². The molecule has 2 N–H and O–H groups in total. The molecule has 0 unspecified atom stereocenters. The summed E-state index contributed by atoms with van der Waals surface area (Å²) in [4.78, 5) is 22.8. The van der Waals surface area contributed by atoms with Crippen LogP contribution >= 0.6 is 0 Å². The van der Waals surface area contributed by atoms with Crippen molar-refractivity contribution in [2.24, 2.45) is 0 Å². The first-order valence-corrected chi connectivity index (χ1v) is 7.04. The summed E-state index contributed by atoms with van der Waals surface area (Å²) in [5.41, 5.74) is 4.63. The Labute approximate surface area is 119 Å². The second-order valence-electron chi connectivity index (χ2n) is 5.14. The van der Waals surface area contributed by atoms with E-state index >= 15 is 0 Å². The lowest BCUT2D eigenvalue weighted by Crippen LogP contribution is -2.45. The summed E-state index contributed by atoms with van der Waals surface area (Å²) in [6.45, 7) is 3.35. The number of amides is 2. The molecule has 0 radical (unpaired) electrons. The van der Waals surface area contributed by atoms with Crippen LogP contribution in [0.25, 0.3) is 0 Å². The zero-order chi connectivity index (χ0) is 14.4. The molecule has 1 aromatic carbocycles. The van der Waals surface area contributed by atoms with Crippen molar-refractivity contribution >= 4 is 17.5 Å². The molecular weight excluding hydrogens is 254 g/mol. The van der Waals surface area contributed by atoms with E-state index in [2.05, 4.69) is 10.7 Å². The van der Waals surface area contributed by atoms with E-state index in [-0.39, 0.29) is 11.8 Å². The zero-order valence-corrected chi connectivity index (χ0v) is 11.8. The standard InChI is InChI=1S/C15H21N3O2/c1-12(19)16-14-7-5-13(6-8-14)11-15(20)17-18-9-3-2-4-10-18/h5-8H,2-4,9-11H2,1H3,(H,16,19)(H,17,20). The van der Waals surface area contributed by atoms with Gasteiger partial charge in [0.05, 0.1) is 6.42 Å². The Bertz CT molecular complexity index is 465. The summed E-state index contributed by atoms with van der Waals surface area (Å²) >= 11 is 0. The molecule has 0 aliphatic carbocycles. The minimum Gasteiger partial charge on any atom is -0.326 e. The van der Waals surface area contributed by atoms with Crippen LogP contribution in [0.5, 0.6) is 0 Å². The Morgan fingerprint density at radius 3 is 2.35 bits per heavy atom. The van der Waals surface area contributed by atoms with E-state index in [1.807, 2.05) is 29.3 Å². The number of nitrogens with one attached hydrogen (secondary N) is 2. The zero-order valence-electron chi connectivity index (χ0n) is 11.8. The van der Waals surface area contributed by atoms with Crippen LogP contribution in [0.3, 0.4) is 0 Å². The average molecular weight is 275 g/mol. The molecule has 0 bridgehead atoms. The lowest BCUT2D eigenvalue weighted by Gasteiger charge is -2.26. The predicted molar refractivity (Wildman–Crippen MR) is 78.0 cm³/mol. The SMILES string of the molecule is CC(=O)Nc1ccc(CC(=O)NN2CCCCC2)cc1. The molecule has 1 aliphatic rings. The molecule has 0 saturated carbocycles. The van der Waals surface area contributed by atoms with Crippen molar-refractivity contribution < 1.29 is 9.59 Å². The van der Waals surface area contributed by atoms with Gasteiger partial charge in [0, 0.05) is 25.7 Å². The van der Waals surface area contributed by atoms with E-state index in [1.165, 1.54) is 13.3 Å². The second kappa shape index (κ2) is 7.05. The lowest BCUT2D eigenvalue weighted by atomic mass is 10.1. The number of benzene rings is 1. The maximum absolute atomic E-state index is 11.9. The van der Waals surface area contributed by atoms with Crippen LogP contribution in [0.2, 0.25) is 0 Å². The Balaban J connectivity index is 1.82. The maximum Gasteiger partial charge on any atom is 0.238 e. The summed E-state index contributed by atoms with van der Waals surface area (Å²) in [5, 5.41) is 4.70. The third-order valence-corrected chi connectivity index (χ3v) is 3.28. The van der Waals surface area contributed by atoms with Crippen LogP contribution in [0.4, 0.5) is 5.69 Å². The van der Waals surface area contributed by atoms with Gasteiger partial charge in [-0.2, -0.15) is 0 Å². The summed E-state index contributed by atoms with van der Waals surface area (Å²) in [7, 11) is 0. The van der Waals surface area contributed by atoms with Crippen molar-refractivity contribution in [3.63, 3.8) is 0 Å². The fraction of sp³-hybridized carbons (Fsp3) is 0.467. The van der Waals surface area contributed by atoms with Crippen molar-refractivity contribution in [2.45, 2.75) is 32.6 Å². The fourth-order valence-corrected chi connectivity index (χ4v) is 2.32. The molecule has 1 saturated heterocycles. The Morgan fingerprint density at radius 2 is 1.75 bits per heavy atom. The van der Waals surface area contributed by atoms with Gasteiger partial charge in [-0.25, -0.2) is 5.01 Å². The largest absolute Gasteiger partial charge is 0.326 e. The number of nitrogens with zero attached hydrogens (tertiary/aromatic N) is 1. The van der Waals surface area contributed by atoms with Crippen molar-refractivity contribution in [3.8, 4) is 0 Å². The number of hydrogen-bond donors (Lipinski definition) is 2. The highest BCUT2D eigenvalue weighted by Gasteiger charge is 2.12. The molecule has 1 heterocycles. The van der Waals surface area contributed by atoms with Gasteiger partial charge in [0.2, 0.25) is 11.8 Å². The Hall–Kier alpha value is -1.88. The molecule has 20 heavy (non-hydrogen) atoms. The normalized spacial score (nSPS) is 15.7. The number of carbonyl (C=O) groups excluding carboxylic acids is 2. The van der Waals surface area contributed by atoms with Crippen LogP contribution in [0.1, 0.15) is 31.7 Å². The first-order valence-electron chi connectivity index (χ1n) is 7.04. The molecule has 5 heteroatoms. The van der Waals surface area contributed by atoms with Gasteiger partial charge < -0.3 is 5.32 Å². The highest BCUT2D eigenvalue weighted by atomic mass is 16.2. The first-order chi connectivity index (χ1) is 9.63. The number of anilines is 1. The molecule has 0 atom stereocenters. The molecule has 108 valence electrons. The van der Waals surface area contributed by atoms with Crippen LogP contribution in [0, 0.1) is 0 Å². The first kappa shape index (κ1) is 14.5. The Morgan fingerprint density at radius 1 is 1.10 bits per heavy atom. The topological polar surface area (TPSA) is 61.4 Å². The molecule has 2 amide bonds. The lowest BCUT2D eigenvalue weighted by molar-refractivity contribution is -0.125. The van der Waals surface area contributed by atoms with Crippen LogP contribution in [0.15, 0.2) is 24.3 Å². The van der Waals surface area contributed by atoms with Crippen molar-refractivity contribution in [3.05, 3.63) is 29.8 Å². The van der Waals surface area contributed by atoms with Gasteiger partial charge in [0.1, 0.15) is 0 Å². The fourth-order valence-electron chi connectivity index (χ4n) is 2.32. The van der Waals surface area contributed by atoms with Gasteiger partial charge in [-0.1, -0.05) is 18.6 Å². The number of piperidine rings is 1. The van der Waals surface area contributed by atoms with E-state index < -0.39 is 0 Å². The number of rotatable bonds is 4. The van der Waals surface area contributed by atoms with Crippen molar-refractivity contribution in [1.82, 2.24) is 10.4 Å². The number of hydrazine groups is 1. The van der Waals surface area contributed by atoms with Gasteiger partial charge in [0.25, 0.3) is 0 Å². The van der Waals surface area contributed by atoms with E-state index in [1.54, 1.807) is 0 Å². The van der Waals surface area contributed by atoms with Crippen LogP contribution in [-0.2, 0) is 16.0 Å².